The highest BCUT2D eigenvalue weighted by Gasteiger charge is 2.00. The zero-order valence-corrected chi connectivity index (χ0v) is 9.32. The number of rotatable bonds is 7. The molecule has 2 nitrogen and oxygen atoms in total. The molecule has 0 aliphatic carbocycles. The first-order valence-corrected chi connectivity index (χ1v) is 5.41. The molecule has 0 spiro atoms. The molecule has 0 saturated heterocycles. The second-order valence-corrected chi connectivity index (χ2v) is 3.58. The van der Waals surface area contributed by atoms with E-state index in [0.717, 1.165) is 5.70 Å². The van der Waals surface area contributed by atoms with Crippen LogP contribution in [-0.2, 0) is 0 Å². The highest BCUT2D eigenvalue weighted by molar-refractivity contribution is 5.09. The monoisotopic (exact) mass is 184 g/mol. The molecule has 2 heteroatoms. The Morgan fingerprint density at radius 1 is 1.08 bits per heavy atom. The predicted octanol–water partition coefficient (Wildman–Crippen LogP) is 3.10. The molecule has 0 aliphatic rings. The maximum Gasteiger partial charge on any atom is 0.0220 e. The number of nitrogens with two attached hydrogens (primary N) is 1. The quantitative estimate of drug-likeness (QED) is 0.362. The van der Waals surface area contributed by atoms with E-state index in [4.69, 9.17) is 5.84 Å². The first-order chi connectivity index (χ1) is 6.26. The van der Waals surface area contributed by atoms with Crippen molar-refractivity contribution in [1.29, 1.82) is 0 Å². The van der Waals surface area contributed by atoms with E-state index in [0.29, 0.717) is 0 Å². The van der Waals surface area contributed by atoms with Crippen molar-refractivity contribution in [3.8, 4) is 0 Å². The number of allylic oxidation sites excluding steroid dienone is 2. The summed E-state index contributed by atoms with van der Waals surface area (Å²) >= 11 is 0. The summed E-state index contributed by atoms with van der Waals surface area (Å²) in [7, 11) is 0. The lowest BCUT2D eigenvalue weighted by atomic mass is 10.0. The zero-order valence-electron chi connectivity index (χ0n) is 9.32. The van der Waals surface area contributed by atoms with Crippen LogP contribution in [0.25, 0.3) is 0 Å². The molecule has 0 rings (SSSR count). The van der Waals surface area contributed by atoms with E-state index in [1.54, 1.807) is 0 Å². The van der Waals surface area contributed by atoms with Crippen molar-refractivity contribution in [2.24, 2.45) is 5.84 Å². The number of hydrazine groups is 1. The van der Waals surface area contributed by atoms with Crippen LogP contribution in [0.5, 0.6) is 0 Å². The van der Waals surface area contributed by atoms with Crippen LogP contribution in [0.2, 0.25) is 0 Å². The van der Waals surface area contributed by atoms with Crippen LogP contribution < -0.4 is 11.3 Å². The molecule has 0 atom stereocenters. The zero-order chi connectivity index (χ0) is 10.1. The van der Waals surface area contributed by atoms with Gasteiger partial charge in [-0.1, -0.05) is 38.7 Å². The highest BCUT2D eigenvalue weighted by Crippen LogP contribution is 2.16. The van der Waals surface area contributed by atoms with Crippen LogP contribution >= 0.6 is 0 Å². The number of nitrogens with one attached hydrogen (secondary N) is 1. The number of unbranched alkanes of at least 4 members (excludes halogenated alkanes) is 2. The average molecular weight is 184 g/mol. The van der Waals surface area contributed by atoms with Crippen molar-refractivity contribution in [2.75, 3.05) is 0 Å². The molecule has 0 aromatic heterocycles. The Kier molecular flexibility index (Phi) is 7.80. The molecule has 0 aromatic rings. The van der Waals surface area contributed by atoms with Gasteiger partial charge in [-0.25, -0.2) is 0 Å². The van der Waals surface area contributed by atoms with Crippen LogP contribution in [0, 0.1) is 0 Å². The van der Waals surface area contributed by atoms with E-state index in [9.17, 15) is 0 Å². The average Bonchev–Trinajstić information content (AvgIpc) is 2.16. The van der Waals surface area contributed by atoms with Crippen molar-refractivity contribution in [2.45, 2.75) is 59.3 Å². The Morgan fingerprint density at radius 2 is 1.77 bits per heavy atom. The number of hydrogen-bond donors (Lipinski definition) is 2. The first-order valence-electron chi connectivity index (χ1n) is 5.41. The van der Waals surface area contributed by atoms with Crippen LogP contribution in [0.15, 0.2) is 11.3 Å². The molecule has 78 valence electrons. The second kappa shape index (κ2) is 8.11. The van der Waals surface area contributed by atoms with E-state index >= 15 is 0 Å². The molecule has 0 radical (unpaired) electrons. The molecular formula is C11H24N2. The van der Waals surface area contributed by atoms with Gasteiger partial charge in [-0.2, -0.15) is 0 Å². The third-order valence-electron chi connectivity index (χ3n) is 2.38. The van der Waals surface area contributed by atoms with E-state index < -0.39 is 0 Å². The molecule has 13 heavy (non-hydrogen) atoms. The smallest absolute Gasteiger partial charge is 0.0220 e. The summed E-state index contributed by atoms with van der Waals surface area (Å²) < 4.78 is 0. The maximum atomic E-state index is 5.40. The highest BCUT2D eigenvalue weighted by atomic mass is 15.2. The molecule has 3 N–H and O–H groups in total. The maximum absolute atomic E-state index is 5.40. The summed E-state index contributed by atoms with van der Waals surface area (Å²) in [4.78, 5) is 0. The summed E-state index contributed by atoms with van der Waals surface area (Å²) in [5.74, 6) is 5.40. The molecular weight excluding hydrogens is 160 g/mol. The minimum atomic E-state index is 1.16. The normalized spacial score (nSPS) is 12.6. The Hall–Kier alpha value is -0.500. The summed E-state index contributed by atoms with van der Waals surface area (Å²) in [6.45, 7) is 6.51. The fourth-order valence-corrected chi connectivity index (χ4v) is 1.49. The molecule has 0 aromatic carbocycles. The summed E-state index contributed by atoms with van der Waals surface area (Å²) in [6, 6.07) is 0. The van der Waals surface area contributed by atoms with Crippen LogP contribution in [0.3, 0.4) is 0 Å². The molecule has 0 unspecified atom stereocenters. The van der Waals surface area contributed by atoms with Gasteiger partial charge >= 0.3 is 0 Å². The van der Waals surface area contributed by atoms with Gasteiger partial charge < -0.3 is 5.43 Å². The molecule has 0 saturated carbocycles. The van der Waals surface area contributed by atoms with E-state index in [2.05, 4.69) is 26.2 Å². The minimum absolute atomic E-state index is 1.16. The van der Waals surface area contributed by atoms with Gasteiger partial charge in [0.2, 0.25) is 0 Å². The topological polar surface area (TPSA) is 38.0 Å². The molecule has 0 amide bonds. The van der Waals surface area contributed by atoms with E-state index in [-0.39, 0.29) is 0 Å². The van der Waals surface area contributed by atoms with Crippen LogP contribution in [0.4, 0.5) is 0 Å². The molecule has 0 fully saturated rings. The van der Waals surface area contributed by atoms with Crippen molar-refractivity contribution in [3.05, 3.63) is 11.3 Å². The Morgan fingerprint density at radius 3 is 2.23 bits per heavy atom. The fraction of sp³-hybridized carbons (Fsp3) is 0.818. The van der Waals surface area contributed by atoms with Gasteiger partial charge in [0, 0.05) is 5.70 Å². The summed E-state index contributed by atoms with van der Waals surface area (Å²) in [6.07, 6.45) is 7.50. The Balaban J connectivity index is 3.94. The molecule has 0 aliphatic heterocycles. The van der Waals surface area contributed by atoms with E-state index in [1.807, 2.05) is 0 Å². The fourth-order valence-electron chi connectivity index (χ4n) is 1.49. The van der Waals surface area contributed by atoms with Gasteiger partial charge in [0.25, 0.3) is 0 Å². The SMILES string of the molecule is CCCCC/C(CCC)=C(\C)NN. The van der Waals surface area contributed by atoms with Crippen molar-refractivity contribution >= 4 is 0 Å². The van der Waals surface area contributed by atoms with Gasteiger partial charge in [0.1, 0.15) is 0 Å². The molecule has 0 bridgehead atoms. The van der Waals surface area contributed by atoms with Gasteiger partial charge in [-0.05, 0) is 26.2 Å². The Labute approximate surface area is 82.6 Å². The molecule has 0 heterocycles. The first kappa shape index (κ1) is 12.5. The van der Waals surface area contributed by atoms with Gasteiger partial charge in [-0.15, -0.1) is 0 Å². The third-order valence-corrected chi connectivity index (χ3v) is 2.38. The van der Waals surface area contributed by atoms with Crippen LogP contribution in [0.1, 0.15) is 59.3 Å². The van der Waals surface area contributed by atoms with Gasteiger partial charge in [0.15, 0.2) is 0 Å². The lowest BCUT2D eigenvalue weighted by Gasteiger charge is -2.10. The second-order valence-electron chi connectivity index (χ2n) is 3.58. The van der Waals surface area contributed by atoms with Gasteiger partial charge in [0.05, 0.1) is 0 Å². The van der Waals surface area contributed by atoms with Crippen LogP contribution in [-0.4, -0.2) is 0 Å². The standard InChI is InChI=1S/C11H24N2/c1-4-6-7-9-11(8-5-2)10(3)13-12/h13H,4-9,12H2,1-3H3/b11-10+. The number of hydrogen-bond acceptors (Lipinski definition) is 2. The van der Waals surface area contributed by atoms with Crippen molar-refractivity contribution in [3.63, 3.8) is 0 Å². The lowest BCUT2D eigenvalue weighted by molar-refractivity contribution is 0.674. The van der Waals surface area contributed by atoms with Crippen molar-refractivity contribution < 1.29 is 0 Å². The lowest BCUT2D eigenvalue weighted by Crippen LogP contribution is -2.20. The summed E-state index contributed by atoms with van der Waals surface area (Å²) in [5, 5.41) is 0. The largest absolute Gasteiger partial charge is 0.329 e. The third kappa shape index (κ3) is 5.69. The van der Waals surface area contributed by atoms with E-state index in [1.165, 1.54) is 44.1 Å². The Bertz CT molecular complexity index is 150. The summed E-state index contributed by atoms with van der Waals surface area (Å²) in [5.41, 5.74) is 5.42. The van der Waals surface area contributed by atoms with Crippen molar-refractivity contribution in [1.82, 2.24) is 5.43 Å². The van der Waals surface area contributed by atoms with Gasteiger partial charge in [-0.3, -0.25) is 5.84 Å². The minimum Gasteiger partial charge on any atom is -0.329 e. The predicted molar refractivity (Wildman–Crippen MR) is 59.1 cm³/mol.